The Labute approximate surface area is 159 Å². The van der Waals surface area contributed by atoms with E-state index in [9.17, 15) is 0 Å². The topological polar surface area (TPSA) is 46.8 Å². The molecule has 0 saturated carbocycles. The number of aryl methyl sites for hydroxylation is 1. The number of rotatable bonds is 4. The molecule has 0 radical (unpaired) electrons. The number of anilines is 1. The third kappa shape index (κ3) is 3.05. The third-order valence-corrected chi connectivity index (χ3v) is 5.37. The molecular formula is C20H24ClN5. The lowest BCUT2D eigenvalue weighted by Gasteiger charge is -2.26. The summed E-state index contributed by atoms with van der Waals surface area (Å²) in [7, 11) is 0. The molecule has 0 N–H and O–H groups in total. The van der Waals surface area contributed by atoms with Crippen molar-refractivity contribution in [2.75, 3.05) is 11.4 Å². The average Bonchev–Trinajstić information content (AvgIpc) is 3.19. The van der Waals surface area contributed by atoms with Gasteiger partial charge >= 0.3 is 0 Å². The lowest BCUT2D eigenvalue weighted by atomic mass is 10.1. The van der Waals surface area contributed by atoms with Crippen molar-refractivity contribution >= 4 is 28.5 Å². The summed E-state index contributed by atoms with van der Waals surface area (Å²) in [6, 6.07) is 8.27. The zero-order valence-corrected chi connectivity index (χ0v) is 16.2. The van der Waals surface area contributed by atoms with Gasteiger partial charge in [-0.1, -0.05) is 25.4 Å². The van der Waals surface area contributed by atoms with Crippen LogP contribution in [0.4, 0.5) is 5.82 Å². The van der Waals surface area contributed by atoms with E-state index in [1.165, 1.54) is 0 Å². The van der Waals surface area contributed by atoms with E-state index in [-0.39, 0.29) is 6.04 Å². The molecule has 0 amide bonds. The summed E-state index contributed by atoms with van der Waals surface area (Å²) in [5.41, 5.74) is 4.02. The molecule has 1 aliphatic heterocycles. The molecule has 136 valence electrons. The van der Waals surface area contributed by atoms with Gasteiger partial charge < -0.3 is 4.90 Å². The van der Waals surface area contributed by atoms with E-state index in [0.717, 1.165) is 59.2 Å². The normalized spacial score (nSPS) is 17.6. The fraction of sp³-hybridized carbons (Fsp3) is 0.450. The van der Waals surface area contributed by atoms with Gasteiger partial charge in [0.1, 0.15) is 11.0 Å². The number of nitrogens with zero attached hydrogens (tertiary/aromatic N) is 5. The molecule has 6 heteroatoms. The standard InChI is InChI=1S/C20H24ClN5/c1-13(2)12-26-20(21)19(14(3)24-26)17-7-5-11-25(17)18-9-8-15-16(23-18)6-4-10-22-15/h4,6,8-10,13,17H,5,7,11-12H2,1-3H3. The van der Waals surface area contributed by atoms with Gasteiger partial charge in [0.15, 0.2) is 0 Å². The van der Waals surface area contributed by atoms with Crippen LogP contribution in [-0.2, 0) is 6.54 Å². The first kappa shape index (κ1) is 17.3. The van der Waals surface area contributed by atoms with E-state index in [4.69, 9.17) is 21.7 Å². The minimum Gasteiger partial charge on any atom is -0.349 e. The van der Waals surface area contributed by atoms with Gasteiger partial charge in [0.25, 0.3) is 0 Å². The minimum atomic E-state index is 0.227. The second-order valence-corrected chi connectivity index (χ2v) is 7.79. The van der Waals surface area contributed by atoms with Gasteiger partial charge in [-0.15, -0.1) is 0 Å². The van der Waals surface area contributed by atoms with E-state index in [2.05, 4.69) is 36.7 Å². The third-order valence-electron chi connectivity index (χ3n) is 4.97. The Morgan fingerprint density at radius 3 is 2.88 bits per heavy atom. The molecule has 3 aromatic heterocycles. The molecule has 5 nitrogen and oxygen atoms in total. The van der Waals surface area contributed by atoms with Crippen molar-refractivity contribution in [3.8, 4) is 0 Å². The van der Waals surface area contributed by atoms with Crippen LogP contribution in [0.1, 0.15) is 44.0 Å². The fourth-order valence-electron chi connectivity index (χ4n) is 3.86. The average molecular weight is 370 g/mol. The first-order valence-electron chi connectivity index (χ1n) is 9.26. The summed E-state index contributed by atoms with van der Waals surface area (Å²) in [5, 5.41) is 5.47. The molecule has 26 heavy (non-hydrogen) atoms. The Morgan fingerprint density at radius 1 is 1.23 bits per heavy atom. The van der Waals surface area contributed by atoms with Crippen molar-refractivity contribution in [3.63, 3.8) is 0 Å². The van der Waals surface area contributed by atoms with Crippen molar-refractivity contribution in [2.24, 2.45) is 5.92 Å². The maximum Gasteiger partial charge on any atom is 0.132 e. The van der Waals surface area contributed by atoms with Crippen LogP contribution in [0.3, 0.4) is 0 Å². The Kier molecular flexibility index (Phi) is 4.57. The van der Waals surface area contributed by atoms with Crippen LogP contribution in [0, 0.1) is 12.8 Å². The van der Waals surface area contributed by atoms with Gasteiger partial charge in [0.05, 0.1) is 22.8 Å². The van der Waals surface area contributed by atoms with Gasteiger partial charge in [-0.3, -0.25) is 9.67 Å². The van der Waals surface area contributed by atoms with Gasteiger partial charge in [0, 0.05) is 24.8 Å². The van der Waals surface area contributed by atoms with Crippen LogP contribution in [0.15, 0.2) is 30.5 Å². The molecule has 0 aliphatic carbocycles. The molecule has 0 aromatic carbocycles. The van der Waals surface area contributed by atoms with Gasteiger partial charge in [-0.05, 0) is 49.9 Å². The lowest BCUT2D eigenvalue weighted by Crippen LogP contribution is -2.24. The molecule has 1 aliphatic rings. The molecule has 4 rings (SSSR count). The summed E-state index contributed by atoms with van der Waals surface area (Å²) in [6.07, 6.45) is 4.00. The van der Waals surface area contributed by atoms with Crippen LogP contribution in [0.25, 0.3) is 11.0 Å². The lowest BCUT2D eigenvalue weighted by molar-refractivity contribution is 0.481. The number of pyridine rings is 2. The highest BCUT2D eigenvalue weighted by atomic mass is 35.5. The van der Waals surface area contributed by atoms with Crippen LogP contribution < -0.4 is 4.90 Å². The number of hydrogen-bond donors (Lipinski definition) is 0. The van der Waals surface area contributed by atoms with E-state index < -0.39 is 0 Å². The first-order chi connectivity index (χ1) is 12.5. The number of aromatic nitrogens is 4. The van der Waals surface area contributed by atoms with E-state index in [0.29, 0.717) is 5.92 Å². The highest BCUT2D eigenvalue weighted by Crippen LogP contribution is 2.40. The van der Waals surface area contributed by atoms with E-state index >= 15 is 0 Å². The molecule has 1 saturated heterocycles. The number of hydrogen-bond acceptors (Lipinski definition) is 4. The molecule has 3 aromatic rings. The van der Waals surface area contributed by atoms with Crippen molar-refractivity contribution in [1.82, 2.24) is 19.7 Å². The van der Waals surface area contributed by atoms with Crippen molar-refractivity contribution in [2.45, 2.75) is 46.2 Å². The maximum atomic E-state index is 6.74. The largest absolute Gasteiger partial charge is 0.349 e. The SMILES string of the molecule is Cc1nn(CC(C)C)c(Cl)c1C1CCCN1c1ccc2ncccc2n1. The van der Waals surface area contributed by atoms with Gasteiger partial charge in [-0.2, -0.15) is 5.10 Å². The Bertz CT molecular complexity index is 933. The second-order valence-electron chi connectivity index (χ2n) is 7.43. The first-order valence-corrected chi connectivity index (χ1v) is 9.63. The van der Waals surface area contributed by atoms with Crippen LogP contribution >= 0.6 is 11.6 Å². The number of fused-ring (bicyclic) bond motifs is 1. The monoisotopic (exact) mass is 369 g/mol. The van der Waals surface area contributed by atoms with Crippen LogP contribution in [0.2, 0.25) is 5.15 Å². The van der Waals surface area contributed by atoms with E-state index in [1.807, 2.05) is 22.9 Å². The highest BCUT2D eigenvalue weighted by Gasteiger charge is 2.32. The quantitative estimate of drug-likeness (QED) is 0.663. The Hall–Kier alpha value is -2.14. The zero-order valence-electron chi connectivity index (χ0n) is 15.5. The molecular weight excluding hydrogens is 346 g/mol. The van der Waals surface area contributed by atoms with E-state index in [1.54, 1.807) is 6.20 Å². The molecule has 1 fully saturated rings. The maximum absolute atomic E-state index is 6.74. The van der Waals surface area contributed by atoms with Crippen molar-refractivity contribution in [1.29, 1.82) is 0 Å². The predicted octanol–water partition coefficient (Wildman–Crippen LogP) is 4.79. The number of halogens is 1. The summed E-state index contributed by atoms with van der Waals surface area (Å²) < 4.78 is 1.95. The van der Waals surface area contributed by atoms with Gasteiger partial charge in [0.2, 0.25) is 0 Å². The molecule has 4 heterocycles. The summed E-state index contributed by atoms with van der Waals surface area (Å²) >= 11 is 6.74. The molecule has 0 bridgehead atoms. The van der Waals surface area contributed by atoms with Gasteiger partial charge in [-0.25, -0.2) is 4.98 Å². The summed E-state index contributed by atoms with van der Waals surface area (Å²) in [5.74, 6) is 1.49. The minimum absolute atomic E-state index is 0.227. The van der Waals surface area contributed by atoms with Crippen molar-refractivity contribution < 1.29 is 0 Å². The summed E-state index contributed by atoms with van der Waals surface area (Å²) in [6.45, 7) is 8.25. The van der Waals surface area contributed by atoms with Crippen LogP contribution in [0.5, 0.6) is 0 Å². The van der Waals surface area contributed by atoms with Crippen molar-refractivity contribution in [3.05, 3.63) is 46.9 Å². The Morgan fingerprint density at radius 2 is 2.08 bits per heavy atom. The summed E-state index contributed by atoms with van der Waals surface area (Å²) in [4.78, 5) is 11.6. The predicted molar refractivity (Wildman–Crippen MR) is 106 cm³/mol. The molecule has 1 atom stereocenters. The zero-order chi connectivity index (χ0) is 18.3. The smallest absolute Gasteiger partial charge is 0.132 e. The molecule has 1 unspecified atom stereocenters. The van der Waals surface area contributed by atoms with Crippen LogP contribution in [-0.4, -0.2) is 26.3 Å². The second kappa shape index (κ2) is 6.88. The highest BCUT2D eigenvalue weighted by molar-refractivity contribution is 6.30. The molecule has 0 spiro atoms. The fourth-order valence-corrected chi connectivity index (χ4v) is 4.23. The Balaban J connectivity index is 1.71.